The Kier molecular flexibility index (Phi) is 8.62. The van der Waals surface area contributed by atoms with Crippen molar-refractivity contribution < 1.29 is 9.18 Å². The molecular formula is C36H38FN9O. The second-order valence-corrected chi connectivity index (χ2v) is 12.7. The highest BCUT2D eigenvalue weighted by molar-refractivity contribution is 5.98. The normalized spacial score (nSPS) is 13.9. The molecule has 7 rings (SSSR count). The van der Waals surface area contributed by atoms with Crippen LogP contribution in [0, 0.1) is 11.7 Å². The van der Waals surface area contributed by atoms with E-state index in [1.807, 2.05) is 50.5 Å². The largest absolute Gasteiger partial charge is 0.384 e. The quantitative estimate of drug-likeness (QED) is 0.125. The molecule has 0 unspecified atom stereocenters. The fourth-order valence-electron chi connectivity index (χ4n) is 6.42. The zero-order chi connectivity index (χ0) is 32.3. The molecule has 47 heavy (non-hydrogen) atoms. The number of hydrogen-bond acceptors (Lipinski definition) is 7. The van der Waals surface area contributed by atoms with Crippen molar-refractivity contribution in [2.45, 2.75) is 38.5 Å². The number of para-hydroxylation sites is 1. The van der Waals surface area contributed by atoms with Gasteiger partial charge in [0, 0.05) is 47.9 Å². The molecule has 10 nitrogen and oxygen atoms in total. The van der Waals surface area contributed by atoms with E-state index < -0.39 is 0 Å². The van der Waals surface area contributed by atoms with E-state index in [2.05, 4.69) is 40.7 Å². The fourth-order valence-corrected chi connectivity index (χ4v) is 6.42. The van der Waals surface area contributed by atoms with Gasteiger partial charge >= 0.3 is 0 Å². The van der Waals surface area contributed by atoms with Gasteiger partial charge in [-0.25, -0.2) is 9.37 Å². The summed E-state index contributed by atoms with van der Waals surface area (Å²) >= 11 is 0. The van der Waals surface area contributed by atoms with Crippen molar-refractivity contribution in [3.63, 3.8) is 0 Å². The number of halogens is 1. The van der Waals surface area contributed by atoms with E-state index in [0.717, 1.165) is 63.7 Å². The minimum Gasteiger partial charge on any atom is -0.384 e. The maximum Gasteiger partial charge on any atom is 0.224 e. The highest BCUT2D eigenvalue weighted by atomic mass is 19.1. The lowest BCUT2D eigenvalue weighted by atomic mass is 9.87. The number of aromatic nitrogens is 6. The third-order valence-electron chi connectivity index (χ3n) is 8.80. The minimum absolute atomic E-state index is 0.0238. The van der Waals surface area contributed by atoms with Gasteiger partial charge in [0.05, 0.1) is 40.3 Å². The molecule has 1 fully saturated rings. The predicted molar refractivity (Wildman–Crippen MR) is 184 cm³/mol. The molecule has 2 aromatic carbocycles. The van der Waals surface area contributed by atoms with E-state index in [9.17, 15) is 9.18 Å². The summed E-state index contributed by atoms with van der Waals surface area (Å²) in [6.07, 6.45) is 11.6. The summed E-state index contributed by atoms with van der Waals surface area (Å²) in [7, 11) is 4.01. The van der Waals surface area contributed by atoms with Crippen molar-refractivity contribution >= 4 is 39.2 Å². The Bertz CT molecular complexity index is 2040. The Morgan fingerprint density at radius 3 is 2.68 bits per heavy atom. The molecule has 0 spiro atoms. The number of anilines is 2. The summed E-state index contributed by atoms with van der Waals surface area (Å²) in [6, 6.07) is 14.7. The van der Waals surface area contributed by atoms with Crippen molar-refractivity contribution in [2.24, 2.45) is 5.92 Å². The number of carbonyl (C=O) groups is 1. The second-order valence-electron chi connectivity index (χ2n) is 12.7. The van der Waals surface area contributed by atoms with Crippen LogP contribution >= 0.6 is 0 Å². The van der Waals surface area contributed by atoms with Crippen LogP contribution in [0.2, 0.25) is 0 Å². The first-order valence-electron chi connectivity index (χ1n) is 16.2. The maximum atomic E-state index is 14.7. The Morgan fingerprint density at radius 1 is 0.979 bits per heavy atom. The number of nitrogens with one attached hydrogen (secondary N) is 4. The smallest absolute Gasteiger partial charge is 0.224 e. The number of rotatable bonds is 10. The van der Waals surface area contributed by atoms with Crippen LogP contribution in [0.3, 0.4) is 0 Å². The average molecular weight is 632 g/mol. The molecule has 1 aliphatic rings. The summed E-state index contributed by atoms with van der Waals surface area (Å²) in [4.78, 5) is 32.2. The van der Waals surface area contributed by atoms with Gasteiger partial charge in [-0.1, -0.05) is 31.4 Å². The number of carbonyl (C=O) groups excluding carboxylic acids is 1. The Labute approximate surface area is 272 Å². The summed E-state index contributed by atoms with van der Waals surface area (Å²) < 4.78 is 14.7. The van der Waals surface area contributed by atoms with Crippen LogP contribution in [0.15, 0.2) is 67.1 Å². The van der Waals surface area contributed by atoms with E-state index in [0.29, 0.717) is 41.8 Å². The number of fused-ring (bicyclic) bond motifs is 2. The predicted octanol–water partition coefficient (Wildman–Crippen LogP) is 7.25. The second kappa shape index (κ2) is 13.3. The van der Waals surface area contributed by atoms with Gasteiger partial charge < -0.3 is 20.5 Å². The topological polar surface area (TPSA) is 128 Å². The number of likely N-dealkylation sites (N-methyl/N-ethyl adjacent to an activating group) is 1. The monoisotopic (exact) mass is 631 g/mol. The van der Waals surface area contributed by atoms with Gasteiger partial charge in [-0.3, -0.25) is 19.9 Å². The molecule has 1 amide bonds. The number of imidazole rings is 1. The zero-order valence-electron chi connectivity index (χ0n) is 26.6. The molecule has 240 valence electrons. The van der Waals surface area contributed by atoms with Crippen LogP contribution < -0.4 is 10.6 Å². The lowest BCUT2D eigenvalue weighted by Crippen LogP contribution is -2.20. The molecule has 0 bridgehead atoms. The highest BCUT2D eigenvalue weighted by Crippen LogP contribution is 2.34. The molecule has 0 atom stereocenters. The minimum atomic E-state index is -0.316. The Morgan fingerprint density at radius 2 is 1.83 bits per heavy atom. The lowest BCUT2D eigenvalue weighted by Gasteiger charge is -2.20. The molecule has 6 aromatic rings. The van der Waals surface area contributed by atoms with Crippen LogP contribution in [0.4, 0.5) is 15.8 Å². The van der Waals surface area contributed by atoms with Crippen LogP contribution in [0.5, 0.6) is 0 Å². The third-order valence-corrected chi connectivity index (χ3v) is 8.80. The van der Waals surface area contributed by atoms with Crippen LogP contribution in [0.1, 0.15) is 38.5 Å². The number of pyridine rings is 2. The molecule has 11 heteroatoms. The van der Waals surface area contributed by atoms with Crippen molar-refractivity contribution in [1.82, 2.24) is 35.0 Å². The molecule has 0 aliphatic heterocycles. The first kappa shape index (κ1) is 30.5. The standard InChI is InChI=1S/C36H38FN9O/c1-46(2)12-11-39-26-15-23(14-25(37)17-26)28-9-6-10-30-34(28)43-36(42-30)35-29-18-31(40-21-32(29)44-45-35)24-16-27(20-38-19-24)41-33(47)13-22-7-4-3-5-8-22/h6,9-10,14-22,39H,3-5,7-8,11-13H2,1-2H3,(H,41,47)(H,42,43)(H,44,45). The van der Waals surface area contributed by atoms with E-state index in [4.69, 9.17) is 4.98 Å². The molecule has 0 saturated heterocycles. The maximum absolute atomic E-state index is 14.7. The van der Waals surface area contributed by atoms with Gasteiger partial charge in [0.1, 0.15) is 11.5 Å². The van der Waals surface area contributed by atoms with Gasteiger partial charge in [-0.05, 0) is 74.8 Å². The summed E-state index contributed by atoms with van der Waals surface area (Å²) in [5.41, 5.74) is 7.33. The average Bonchev–Trinajstić information content (AvgIpc) is 3.69. The molecule has 1 aliphatic carbocycles. The van der Waals surface area contributed by atoms with Crippen molar-refractivity contribution in [1.29, 1.82) is 0 Å². The number of aromatic amines is 2. The Balaban J connectivity index is 1.16. The summed E-state index contributed by atoms with van der Waals surface area (Å²) in [5, 5.41) is 14.8. The number of H-pyrrole nitrogens is 2. The van der Waals surface area contributed by atoms with E-state index in [1.165, 1.54) is 31.4 Å². The molecule has 0 radical (unpaired) electrons. The van der Waals surface area contributed by atoms with E-state index in [-0.39, 0.29) is 11.7 Å². The highest BCUT2D eigenvalue weighted by Gasteiger charge is 2.19. The molecule has 4 aromatic heterocycles. The van der Waals surface area contributed by atoms with Gasteiger partial charge in [-0.2, -0.15) is 5.10 Å². The summed E-state index contributed by atoms with van der Waals surface area (Å²) in [5.74, 6) is 0.747. The van der Waals surface area contributed by atoms with Crippen LogP contribution in [0.25, 0.3) is 55.8 Å². The first-order chi connectivity index (χ1) is 22.9. The van der Waals surface area contributed by atoms with Gasteiger partial charge in [0.25, 0.3) is 0 Å². The van der Waals surface area contributed by atoms with Crippen LogP contribution in [-0.2, 0) is 4.79 Å². The SMILES string of the molecule is CN(C)CCNc1cc(F)cc(-c2cccc3[nH]c(-c4n[nH]c5cnc(-c6cncc(NC(=O)CC7CCCCC7)c6)cc45)nc23)c1. The van der Waals surface area contributed by atoms with Crippen molar-refractivity contribution in [3.8, 4) is 33.9 Å². The van der Waals surface area contributed by atoms with Gasteiger partial charge in [0.15, 0.2) is 5.82 Å². The molecular weight excluding hydrogens is 593 g/mol. The van der Waals surface area contributed by atoms with Crippen molar-refractivity contribution in [2.75, 3.05) is 37.8 Å². The van der Waals surface area contributed by atoms with Crippen molar-refractivity contribution in [3.05, 3.63) is 72.9 Å². The number of benzene rings is 2. The molecule has 1 saturated carbocycles. The fraction of sp³-hybridized carbons (Fsp3) is 0.306. The Hall–Kier alpha value is -5.16. The molecule has 4 N–H and O–H groups in total. The lowest BCUT2D eigenvalue weighted by molar-refractivity contribution is -0.117. The summed E-state index contributed by atoms with van der Waals surface area (Å²) in [6.45, 7) is 1.53. The van der Waals surface area contributed by atoms with Gasteiger partial charge in [0.2, 0.25) is 5.91 Å². The molecule has 4 heterocycles. The third kappa shape index (κ3) is 6.85. The van der Waals surface area contributed by atoms with E-state index >= 15 is 0 Å². The number of hydrogen-bond donors (Lipinski definition) is 4. The number of amides is 1. The van der Waals surface area contributed by atoms with E-state index in [1.54, 1.807) is 18.6 Å². The first-order valence-corrected chi connectivity index (χ1v) is 16.2. The number of nitrogens with zero attached hydrogens (tertiary/aromatic N) is 5. The van der Waals surface area contributed by atoms with Gasteiger partial charge in [-0.15, -0.1) is 0 Å². The van der Waals surface area contributed by atoms with Crippen LogP contribution in [-0.4, -0.2) is 68.1 Å². The zero-order valence-corrected chi connectivity index (χ0v) is 26.6.